The van der Waals surface area contributed by atoms with Gasteiger partial charge in [0.1, 0.15) is 0 Å². The molecule has 2 aromatic carbocycles. The van der Waals surface area contributed by atoms with Gasteiger partial charge in [0, 0.05) is 15.8 Å². The van der Waals surface area contributed by atoms with Crippen molar-refractivity contribution in [2.45, 2.75) is 0 Å². The molecule has 0 bridgehead atoms. The molecule has 0 atom stereocenters. The van der Waals surface area contributed by atoms with Gasteiger partial charge in [-0.05, 0) is 36.4 Å². The minimum absolute atomic E-state index is 0.0763. The van der Waals surface area contributed by atoms with Crippen LogP contribution in [0.2, 0.25) is 5.02 Å². The van der Waals surface area contributed by atoms with E-state index in [0.29, 0.717) is 16.4 Å². The number of rotatable bonds is 3. The molecule has 0 amide bonds. The fourth-order valence-electron chi connectivity index (χ4n) is 1.58. The molecule has 0 spiro atoms. The highest BCUT2D eigenvalue weighted by Crippen LogP contribution is 2.29. The van der Waals surface area contributed by atoms with Gasteiger partial charge in [-0.15, -0.1) is 0 Å². The third-order valence-electron chi connectivity index (χ3n) is 2.49. The number of nitrogens with one attached hydrogen (secondary N) is 1. The largest absolute Gasteiger partial charge is 0.478 e. The Morgan fingerprint density at radius 3 is 2.58 bits per heavy atom. The first-order chi connectivity index (χ1) is 8.97. The first-order valence-corrected chi connectivity index (χ1v) is 6.49. The summed E-state index contributed by atoms with van der Waals surface area (Å²) < 4.78 is 0.879. The Morgan fingerprint density at radius 2 is 2.00 bits per heavy atom. The van der Waals surface area contributed by atoms with Gasteiger partial charge in [-0.2, -0.15) is 0 Å². The highest BCUT2D eigenvalue weighted by atomic mass is 79.9. The molecule has 0 saturated heterocycles. The van der Waals surface area contributed by atoms with E-state index in [9.17, 15) is 4.79 Å². The Labute approximate surface area is 123 Å². The van der Waals surface area contributed by atoms with E-state index in [1.54, 1.807) is 18.2 Å². The molecule has 2 aromatic rings. The standard InChI is InChI=1S/C13H10BrClN2O2/c14-7-1-4-12(10(15)5-7)17-8-2-3-9(13(18)19)11(16)6-8/h1-6,17H,16H2,(H,18,19). The molecule has 0 saturated carbocycles. The Balaban J connectivity index is 2.29. The average Bonchev–Trinajstić information content (AvgIpc) is 2.32. The average molecular weight is 342 g/mol. The van der Waals surface area contributed by atoms with Gasteiger partial charge in [-0.25, -0.2) is 4.79 Å². The van der Waals surface area contributed by atoms with Crippen LogP contribution in [0.1, 0.15) is 10.4 Å². The van der Waals surface area contributed by atoms with Crippen molar-refractivity contribution in [3.63, 3.8) is 0 Å². The number of nitrogen functional groups attached to an aromatic ring is 1. The van der Waals surface area contributed by atoms with E-state index >= 15 is 0 Å². The third-order valence-corrected chi connectivity index (χ3v) is 3.30. The van der Waals surface area contributed by atoms with Gasteiger partial charge in [0.05, 0.1) is 16.3 Å². The zero-order valence-electron chi connectivity index (χ0n) is 9.65. The molecule has 4 nitrogen and oxygen atoms in total. The number of carbonyl (C=O) groups is 1. The molecule has 2 rings (SSSR count). The lowest BCUT2D eigenvalue weighted by Gasteiger charge is -2.10. The third kappa shape index (κ3) is 3.19. The van der Waals surface area contributed by atoms with E-state index < -0.39 is 5.97 Å². The fraction of sp³-hybridized carbons (Fsp3) is 0. The van der Waals surface area contributed by atoms with Crippen molar-refractivity contribution < 1.29 is 9.90 Å². The molecule has 0 aliphatic heterocycles. The number of hydrogen-bond acceptors (Lipinski definition) is 3. The van der Waals surface area contributed by atoms with Crippen LogP contribution in [-0.2, 0) is 0 Å². The second-order valence-corrected chi connectivity index (χ2v) is 5.18. The predicted molar refractivity (Wildman–Crippen MR) is 80.2 cm³/mol. The van der Waals surface area contributed by atoms with Gasteiger partial charge in [0.25, 0.3) is 0 Å². The summed E-state index contributed by atoms with van der Waals surface area (Å²) in [6, 6.07) is 10.1. The number of anilines is 3. The first-order valence-electron chi connectivity index (χ1n) is 5.32. The van der Waals surface area contributed by atoms with E-state index in [1.165, 1.54) is 6.07 Å². The van der Waals surface area contributed by atoms with E-state index in [2.05, 4.69) is 21.2 Å². The smallest absolute Gasteiger partial charge is 0.337 e. The topological polar surface area (TPSA) is 75.3 Å². The van der Waals surface area contributed by atoms with Crippen molar-refractivity contribution in [3.05, 3.63) is 51.5 Å². The van der Waals surface area contributed by atoms with Crippen molar-refractivity contribution in [2.24, 2.45) is 0 Å². The lowest BCUT2D eigenvalue weighted by atomic mass is 10.1. The maximum absolute atomic E-state index is 10.9. The molecule has 0 heterocycles. The Morgan fingerprint density at radius 1 is 1.26 bits per heavy atom. The minimum atomic E-state index is -1.05. The molecular formula is C13H10BrClN2O2. The van der Waals surface area contributed by atoms with Crippen molar-refractivity contribution in [1.29, 1.82) is 0 Å². The Bertz CT molecular complexity index is 647. The Kier molecular flexibility index (Phi) is 3.97. The summed E-state index contributed by atoms with van der Waals surface area (Å²) in [7, 11) is 0. The molecule has 0 radical (unpaired) electrons. The molecule has 0 aliphatic carbocycles. The van der Waals surface area contributed by atoms with Gasteiger partial charge < -0.3 is 16.2 Å². The monoisotopic (exact) mass is 340 g/mol. The van der Waals surface area contributed by atoms with Gasteiger partial charge in [-0.3, -0.25) is 0 Å². The van der Waals surface area contributed by atoms with E-state index in [1.807, 2.05) is 12.1 Å². The van der Waals surface area contributed by atoms with Crippen LogP contribution in [-0.4, -0.2) is 11.1 Å². The van der Waals surface area contributed by atoms with E-state index in [0.717, 1.165) is 4.47 Å². The van der Waals surface area contributed by atoms with Crippen molar-refractivity contribution in [1.82, 2.24) is 0 Å². The second-order valence-electron chi connectivity index (χ2n) is 3.86. The van der Waals surface area contributed by atoms with Crippen molar-refractivity contribution in [2.75, 3.05) is 11.1 Å². The Hall–Kier alpha value is -1.72. The maximum Gasteiger partial charge on any atom is 0.337 e. The number of hydrogen-bond donors (Lipinski definition) is 3. The summed E-state index contributed by atoms with van der Waals surface area (Å²) in [6.07, 6.45) is 0. The molecule has 0 unspecified atom stereocenters. The van der Waals surface area contributed by atoms with Crippen LogP contribution < -0.4 is 11.1 Å². The van der Waals surface area contributed by atoms with Crippen molar-refractivity contribution >= 4 is 50.6 Å². The SMILES string of the molecule is Nc1cc(Nc2ccc(Br)cc2Cl)ccc1C(=O)O. The van der Waals surface area contributed by atoms with Crippen LogP contribution in [0.3, 0.4) is 0 Å². The van der Waals surface area contributed by atoms with E-state index in [-0.39, 0.29) is 11.3 Å². The second kappa shape index (κ2) is 5.50. The number of halogens is 2. The summed E-state index contributed by atoms with van der Waals surface area (Å²) in [5.74, 6) is -1.05. The van der Waals surface area contributed by atoms with Crippen LogP contribution in [0.4, 0.5) is 17.1 Å². The fourth-order valence-corrected chi connectivity index (χ4v) is 2.30. The molecule has 0 fully saturated rings. The number of carboxylic acid groups (broad SMARTS) is 1. The minimum Gasteiger partial charge on any atom is -0.478 e. The lowest BCUT2D eigenvalue weighted by molar-refractivity contribution is 0.0698. The van der Waals surface area contributed by atoms with Crippen LogP contribution in [0.15, 0.2) is 40.9 Å². The molecule has 6 heteroatoms. The molecule has 19 heavy (non-hydrogen) atoms. The van der Waals surface area contributed by atoms with Crippen LogP contribution >= 0.6 is 27.5 Å². The van der Waals surface area contributed by atoms with E-state index in [4.69, 9.17) is 22.4 Å². The summed E-state index contributed by atoms with van der Waals surface area (Å²) in [4.78, 5) is 10.9. The normalized spacial score (nSPS) is 10.2. The maximum atomic E-state index is 10.9. The molecule has 98 valence electrons. The van der Waals surface area contributed by atoms with Crippen LogP contribution in [0, 0.1) is 0 Å². The van der Waals surface area contributed by atoms with Gasteiger partial charge in [-0.1, -0.05) is 27.5 Å². The number of aromatic carboxylic acids is 1. The highest BCUT2D eigenvalue weighted by molar-refractivity contribution is 9.10. The summed E-state index contributed by atoms with van der Waals surface area (Å²) >= 11 is 9.40. The summed E-state index contributed by atoms with van der Waals surface area (Å²) in [5, 5.41) is 12.5. The number of benzene rings is 2. The van der Waals surface area contributed by atoms with Gasteiger partial charge >= 0.3 is 5.97 Å². The van der Waals surface area contributed by atoms with Crippen LogP contribution in [0.5, 0.6) is 0 Å². The quantitative estimate of drug-likeness (QED) is 0.734. The zero-order valence-corrected chi connectivity index (χ0v) is 12.0. The molecular weight excluding hydrogens is 332 g/mol. The number of carboxylic acids is 1. The zero-order chi connectivity index (χ0) is 14.0. The molecule has 0 aromatic heterocycles. The van der Waals surface area contributed by atoms with Crippen LogP contribution in [0.25, 0.3) is 0 Å². The first kappa shape index (κ1) is 13.7. The van der Waals surface area contributed by atoms with Gasteiger partial charge in [0.15, 0.2) is 0 Å². The molecule has 0 aliphatic rings. The van der Waals surface area contributed by atoms with Gasteiger partial charge in [0.2, 0.25) is 0 Å². The highest BCUT2D eigenvalue weighted by Gasteiger charge is 2.08. The summed E-state index contributed by atoms with van der Waals surface area (Å²) in [6.45, 7) is 0. The number of nitrogens with two attached hydrogens (primary N) is 1. The summed E-state index contributed by atoms with van der Waals surface area (Å²) in [5.41, 5.74) is 7.34. The van der Waals surface area contributed by atoms with Crippen molar-refractivity contribution in [3.8, 4) is 0 Å². The predicted octanol–water partition coefficient (Wildman–Crippen LogP) is 4.13. The lowest BCUT2D eigenvalue weighted by Crippen LogP contribution is -2.03. The molecule has 4 N–H and O–H groups in total.